The maximum Gasteiger partial charge on any atom is 0.290 e. The fourth-order valence-corrected chi connectivity index (χ4v) is 7.37. The van der Waals surface area contributed by atoms with Crippen molar-refractivity contribution in [1.82, 2.24) is 9.80 Å². The van der Waals surface area contributed by atoms with Gasteiger partial charge in [0.2, 0.25) is 0 Å². The molecule has 1 N–H and O–H groups in total. The van der Waals surface area contributed by atoms with Crippen molar-refractivity contribution in [3.8, 4) is 34.1 Å². The normalized spacial score (nSPS) is 17.1. The molecule has 3 aromatic rings. The van der Waals surface area contributed by atoms with Crippen LogP contribution < -0.4 is 18.9 Å². The van der Waals surface area contributed by atoms with Gasteiger partial charge in [0, 0.05) is 60.1 Å². The van der Waals surface area contributed by atoms with Gasteiger partial charge < -0.3 is 24.1 Å². The van der Waals surface area contributed by atoms with E-state index in [0.29, 0.717) is 37.2 Å². The van der Waals surface area contributed by atoms with E-state index >= 15 is 0 Å². The Labute approximate surface area is 278 Å². The molecule has 2 fully saturated rings. The van der Waals surface area contributed by atoms with Gasteiger partial charge in [-0.2, -0.15) is 0 Å². The van der Waals surface area contributed by atoms with E-state index in [2.05, 4.69) is 41.0 Å². The Balaban J connectivity index is 0.00000134. The monoisotopic (exact) mass is 670 g/mol. The van der Waals surface area contributed by atoms with E-state index in [9.17, 15) is 4.21 Å². The van der Waals surface area contributed by atoms with Gasteiger partial charge in [0.1, 0.15) is 37.9 Å². The average Bonchev–Trinajstić information content (AvgIpc) is 3.07. The van der Waals surface area contributed by atoms with Gasteiger partial charge in [0.05, 0.1) is 5.02 Å². The Morgan fingerprint density at radius 1 is 0.891 bits per heavy atom. The lowest BCUT2D eigenvalue weighted by molar-refractivity contribution is -0.122. The number of benzene rings is 3. The summed E-state index contributed by atoms with van der Waals surface area (Å²) in [6.45, 7) is 9.50. The van der Waals surface area contributed by atoms with Crippen LogP contribution in [-0.4, -0.2) is 89.6 Å². The third-order valence-corrected chi connectivity index (χ3v) is 10.1. The van der Waals surface area contributed by atoms with Crippen molar-refractivity contribution in [3.05, 3.63) is 70.2 Å². The quantitative estimate of drug-likeness (QED) is 0.269. The van der Waals surface area contributed by atoms with Crippen molar-refractivity contribution >= 4 is 28.9 Å². The predicted octanol–water partition coefficient (Wildman–Crippen LogP) is 5.80. The number of nitrogens with zero attached hydrogens (tertiary/aromatic N) is 2. The number of rotatable bonds is 10. The Hall–Kier alpha value is -3.31. The average molecular weight is 671 g/mol. The smallest absolute Gasteiger partial charge is 0.290 e. The second-order valence-electron chi connectivity index (χ2n) is 11.6. The summed E-state index contributed by atoms with van der Waals surface area (Å²) < 4.78 is 36.0. The number of carboxylic acid groups (broad SMARTS) is 1. The molecule has 0 aliphatic carbocycles. The van der Waals surface area contributed by atoms with Crippen LogP contribution in [0, 0.1) is 6.92 Å². The molecule has 6 rings (SSSR count). The maximum absolute atomic E-state index is 11.7. The van der Waals surface area contributed by atoms with Crippen molar-refractivity contribution < 1.29 is 33.1 Å². The highest BCUT2D eigenvalue weighted by Crippen LogP contribution is 2.37. The molecule has 9 nitrogen and oxygen atoms in total. The number of piperidine rings is 1. The summed E-state index contributed by atoms with van der Waals surface area (Å²) in [6.07, 6.45) is 3.75. The summed E-state index contributed by atoms with van der Waals surface area (Å²) in [5, 5.41) is 7.48. The first kappa shape index (κ1) is 34.0. The Bertz CT molecular complexity index is 1490. The summed E-state index contributed by atoms with van der Waals surface area (Å²) in [7, 11) is -0.680. The zero-order chi connectivity index (χ0) is 32.3. The SMILES string of the molecule is Cc1c(COc2cc(OCCN3CCS(=O)CC3)c(CN3CCCCC3)cc2Cl)cccc1-c1ccc2c(c1)OCCO2.O=CO. The van der Waals surface area contributed by atoms with Gasteiger partial charge in [-0.3, -0.25) is 18.8 Å². The van der Waals surface area contributed by atoms with Crippen molar-refractivity contribution in [2.24, 2.45) is 0 Å². The van der Waals surface area contributed by atoms with E-state index in [-0.39, 0.29) is 6.47 Å². The van der Waals surface area contributed by atoms with Crippen LogP contribution in [0.2, 0.25) is 5.02 Å². The van der Waals surface area contributed by atoms with Crippen LogP contribution >= 0.6 is 11.6 Å². The highest BCUT2D eigenvalue weighted by molar-refractivity contribution is 7.85. The third-order valence-electron chi connectivity index (χ3n) is 8.58. The number of fused-ring (bicyclic) bond motifs is 1. The van der Waals surface area contributed by atoms with Crippen LogP contribution in [-0.2, 0) is 28.7 Å². The third kappa shape index (κ3) is 9.15. The Morgan fingerprint density at radius 2 is 1.63 bits per heavy atom. The predicted molar refractivity (Wildman–Crippen MR) is 181 cm³/mol. The van der Waals surface area contributed by atoms with Crippen molar-refractivity contribution in [2.75, 3.05) is 64.1 Å². The second kappa shape index (κ2) is 17.0. The largest absolute Gasteiger partial charge is 0.492 e. The summed E-state index contributed by atoms with van der Waals surface area (Å²) in [5.41, 5.74) is 5.54. The Morgan fingerprint density at radius 3 is 2.39 bits per heavy atom. The molecule has 3 aliphatic rings. The van der Waals surface area contributed by atoms with Crippen LogP contribution in [0.25, 0.3) is 11.1 Å². The summed E-state index contributed by atoms with van der Waals surface area (Å²) in [4.78, 5) is 13.2. The minimum Gasteiger partial charge on any atom is -0.492 e. The summed E-state index contributed by atoms with van der Waals surface area (Å²) in [5.74, 6) is 4.51. The first-order valence-corrected chi connectivity index (χ1v) is 17.8. The molecule has 0 unspecified atom stereocenters. The van der Waals surface area contributed by atoms with Crippen LogP contribution in [0.1, 0.15) is 36.0 Å². The molecule has 0 bridgehead atoms. The van der Waals surface area contributed by atoms with E-state index in [4.69, 9.17) is 40.4 Å². The fourth-order valence-electron chi connectivity index (χ4n) is 6.01. The lowest BCUT2D eigenvalue weighted by Gasteiger charge is -2.28. The number of hydrogen-bond acceptors (Lipinski definition) is 8. The molecule has 2 saturated heterocycles. The number of ether oxygens (including phenoxy) is 4. The van der Waals surface area contributed by atoms with Gasteiger partial charge >= 0.3 is 0 Å². The van der Waals surface area contributed by atoms with Crippen LogP contribution in [0.15, 0.2) is 48.5 Å². The maximum atomic E-state index is 11.7. The number of hydrogen-bond donors (Lipinski definition) is 1. The topological polar surface area (TPSA) is 97.8 Å². The molecule has 46 heavy (non-hydrogen) atoms. The van der Waals surface area contributed by atoms with Crippen molar-refractivity contribution in [1.29, 1.82) is 0 Å². The fraction of sp³-hybridized carbons (Fsp3) is 0.457. The zero-order valence-electron chi connectivity index (χ0n) is 26.4. The van der Waals surface area contributed by atoms with Gasteiger partial charge in [0.15, 0.2) is 11.5 Å². The van der Waals surface area contributed by atoms with E-state index < -0.39 is 10.8 Å². The Kier molecular flexibility index (Phi) is 12.6. The molecule has 3 aromatic carbocycles. The van der Waals surface area contributed by atoms with Crippen LogP contribution in [0.3, 0.4) is 0 Å². The molecule has 0 amide bonds. The lowest BCUT2D eigenvalue weighted by Crippen LogP contribution is -2.39. The van der Waals surface area contributed by atoms with Gasteiger partial charge in [-0.25, -0.2) is 0 Å². The van der Waals surface area contributed by atoms with Gasteiger partial charge in [-0.05, 0) is 73.3 Å². The zero-order valence-corrected chi connectivity index (χ0v) is 28.0. The lowest BCUT2D eigenvalue weighted by atomic mass is 9.96. The van der Waals surface area contributed by atoms with Gasteiger partial charge in [0.25, 0.3) is 6.47 Å². The van der Waals surface area contributed by atoms with Crippen LogP contribution in [0.4, 0.5) is 0 Å². The van der Waals surface area contributed by atoms with E-state index in [1.54, 1.807) is 0 Å². The molecule has 0 saturated carbocycles. The molecule has 0 spiro atoms. The standard InChI is InChI=1S/C34H41ClN2O5S.CH2O2/c1-25-27(6-5-7-29(25)26-8-9-31-34(21-26)41-17-16-40-31)24-42-33-22-32(39-15-12-36-13-18-43(38)19-14-36)28(20-30(33)35)23-37-10-3-2-4-11-37;2-1-3/h5-9,20-22H,2-4,10-19,23-24H2,1H3;1H,(H,2,3). The summed E-state index contributed by atoms with van der Waals surface area (Å²) >= 11 is 6.83. The molecule has 248 valence electrons. The first-order chi connectivity index (χ1) is 22.4. The van der Waals surface area contributed by atoms with Gasteiger partial charge in [-0.15, -0.1) is 0 Å². The highest BCUT2D eigenvalue weighted by Gasteiger charge is 2.19. The van der Waals surface area contributed by atoms with Crippen molar-refractivity contribution in [2.45, 2.75) is 39.3 Å². The van der Waals surface area contributed by atoms with E-state index in [0.717, 1.165) is 95.8 Å². The highest BCUT2D eigenvalue weighted by atomic mass is 35.5. The molecular weight excluding hydrogens is 628 g/mol. The first-order valence-electron chi connectivity index (χ1n) is 15.9. The molecule has 0 aromatic heterocycles. The van der Waals surface area contributed by atoms with Crippen LogP contribution in [0.5, 0.6) is 23.0 Å². The minimum atomic E-state index is -0.680. The number of likely N-dealkylation sites (tertiary alicyclic amines) is 1. The molecule has 0 radical (unpaired) electrons. The van der Waals surface area contributed by atoms with E-state index in [1.165, 1.54) is 19.3 Å². The molecule has 3 aliphatic heterocycles. The molecule has 3 heterocycles. The minimum absolute atomic E-state index is 0.250. The molecular formula is C35H43ClN2O7S. The number of carbonyl (C=O) groups is 1. The van der Waals surface area contributed by atoms with E-state index in [1.807, 2.05) is 24.3 Å². The second-order valence-corrected chi connectivity index (χ2v) is 13.7. The summed E-state index contributed by atoms with van der Waals surface area (Å²) in [6, 6.07) is 16.4. The molecule has 11 heteroatoms. The van der Waals surface area contributed by atoms with Gasteiger partial charge in [-0.1, -0.05) is 42.3 Å². The van der Waals surface area contributed by atoms with Crippen molar-refractivity contribution in [3.63, 3.8) is 0 Å². The number of halogens is 1. The molecule has 0 atom stereocenters.